The molecule has 0 bridgehead atoms. The van der Waals surface area contributed by atoms with E-state index in [2.05, 4.69) is 44.2 Å². The van der Waals surface area contributed by atoms with Gasteiger partial charge in [-0.25, -0.2) is 4.98 Å². The topological polar surface area (TPSA) is 42.0 Å². The van der Waals surface area contributed by atoms with Crippen molar-refractivity contribution in [1.82, 2.24) is 4.98 Å². The number of benzene rings is 1. The molecule has 140 valence electrons. The van der Waals surface area contributed by atoms with Crippen molar-refractivity contribution >= 4 is 23.4 Å². The Balaban J connectivity index is 2.24. The lowest BCUT2D eigenvalue weighted by Gasteiger charge is -2.19. The molecule has 1 unspecified atom stereocenters. The fourth-order valence-corrected chi connectivity index (χ4v) is 3.47. The van der Waals surface area contributed by atoms with Gasteiger partial charge < -0.3 is 5.32 Å². The molecule has 0 aliphatic heterocycles. The first-order valence-electron chi connectivity index (χ1n) is 8.80. The summed E-state index contributed by atoms with van der Waals surface area (Å²) in [7, 11) is 0. The molecule has 1 aromatic heterocycles. The normalized spacial score (nSPS) is 12.9. The number of allylic oxidation sites excluding steroid dienone is 3. The lowest BCUT2D eigenvalue weighted by Crippen LogP contribution is -2.22. The maximum Gasteiger partial charge on any atom is 0.236 e. The smallest absolute Gasteiger partial charge is 0.236 e. The summed E-state index contributed by atoms with van der Waals surface area (Å²) in [5, 5.41) is 3.90. The van der Waals surface area contributed by atoms with E-state index in [9.17, 15) is 4.79 Å². The molecule has 2 rings (SSSR count). The number of nitrogens with one attached hydrogen (secondary N) is 1. The maximum absolute atomic E-state index is 13.0. The third-order valence-electron chi connectivity index (χ3n) is 3.69. The first-order valence-corrected chi connectivity index (χ1v) is 9.61. The number of amides is 1. The molecule has 1 heterocycles. The first kappa shape index (κ1) is 20.7. The second kappa shape index (κ2) is 9.38. The minimum absolute atomic E-state index is 0.0878. The average molecular weight is 379 g/mol. The van der Waals surface area contributed by atoms with E-state index in [4.69, 9.17) is 0 Å². The van der Waals surface area contributed by atoms with Crippen LogP contribution in [0.2, 0.25) is 0 Å². The van der Waals surface area contributed by atoms with Crippen molar-refractivity contribution in [3.05, 3.63) is 91.2 Å². The van der Waals surface area contributed by atoms with Crippen LogP contribution < -0.4 is 5.32 Å². The fourth-order valence-electron chi connectivity index (χ4n) is 2.60. The van der Waals surface area contributed by atoms with Crippen molar-refractivity contribution in [3.8, 4) is 0 Å². The van der Waals surface area contributed by atoms with Crippen LogP contribution in [0.1, 0.15) is 32.3 Å². The standard InChI is InChI=1S/C23H26N2OS/c1-6-11-17(7-2)21(18-12-9-8-10-13-18)22(26)25-19-14-15-20(24-16-19)27-23(3,4)5/h6-16,21H,1-2H2,3-5H3,(H,25,26)/b17-11+. The summed E-state index contributed by atoms with van der Waals surface area (Å²) in [6.07, 6.45) is 6.87. The number of rotatable bonds is 7. The third kappa shape index (κ3) is 6.26. The Morgan fingerprint density at radius 3 is 2.37 bits per heavy atom. The lowest BCUT2D eigenvalue weighted by molar-refractivity contribution is -0.116. The molecule has 4 heteroatoms. The molecule has 0 spiro atoms. The Bertz CT molecular complexity index is 818. The van der Waals surface area contributed by atoms with Crippen LogP contribution in [0.5, 0.6) is 0 Å². The highest BCUT2D eigenvalue weighted by Crippen LogP contribution is 2.31. The Hall–Kier alpha value is -2.59. The lowest BCUT2D eigenvalue weighted by atomic mass is 9.89. The van der Waals surface area contributed by atoms with Gasteiger partial charge in [0.2, 0.25) is 5.91 Å². The number of aromatic nitrogens is 1. The summed E-state index contributed by atoms with van der Waals surface area (Å²) < 4.78 is 0.0878. The fraction of sp³-hybridized carbons (Fsp3) is 0.217. The zero-order valence-corrected chi connectivity index (χ0v) is 16.9. The Morgan fingerprint density at radius 2 is 1.85 bits per heavy atom. The third-order valence-corrected chi connectivity index (χ3v) is 4.75. The first-order chi connectivity index (χ1) is 12.8. The van der Waals surface area contributed by atoms with E-state index in [0.29, 0.717) is 5.69 Å². The van der Waals surface area contributed by atoms with E-state index in [1.165, 1.54) is 0 Å². The largest absolute Gasteiger partial charge is 0.324 e. The van der Waals surface area contributed by atoms with Gasteiger partial charge in [0.15, 0.2) is 0 Å². The minimum Gasteiger partial charge on any atom is -0.324 e. The predicted molar refractivity (Wildman–Crippen MR) is 116 cm³/mol. The van der Waals surface area contributed by atoms with Crippen LogP contribution in [-0.2, 0) is 4.79 Å². The highest BCUT2D eigenvalue weighted by molar-refractivity contribution is 8.00. The number of anilines is 1. The second-order valence-electron chi connectivity index (χ2n) is 7.04. The molecule has 0 aliphatic rings. The monoisotopic (exact) mass is 378 g/mol. The number of carbonyl (C=O) groups is 1. The zero-order valence-electron chi connectivity index (χ0n) is 16.1. The van der Waals surface area contributed by atoms with Crippen molar-refractivity contribution in [2.24, 2.45) is 0 Å². The van der Waals surface area contributed by atoms with Crippen molar-refractivity contribution < 1.29 is 4.79 Å². The van der Waals surface area contributed by atoms with Crippen molar-refractivity contribution in [3.63, 3.8) is 0 Å². The van der Waals surface area contributed by atoms with Gasteiger partial charge in [0.1, 0.15) is 0 Å². The molecular formula is C23H26N2OS. The number of carbonyl (C=O) groups excluding carboxylic acids is 1. The van der Waals surface area contributed by atoms with Crippen LogP contribution in [0, 0.1) is 0 Å². The van der Waals surface area contributed by atoms with Crippen LogP contribution in [0.15, 0.2) is 90.6 Å². The van der Waals surface area contributed by atoms with Gasteiger partial charge in [-0.05, 0) is 23.3 Å². The molecule has 0 saturated heterocycles. The van der Waals surface area contributed by atoms with Crippen LogP contribution in [0.25, 0.3) is 0 Å². The molecule has 1 aromatic carbocycles. The van der Waals surface area contributed by atoms with Gasteiger partial charge in [-0.15, -0.1) is 11.8 Å². The average Bonchev–Trinajstić information content (AvgIpc) is 2.62. The number of thioether (sulfide) groups is 1. The van der Waals surface area contributed by atoms with Gasteiger partial charge in [-0.3, -0.25) is 4.79 Å². The zero-order chi connectivity index (χ0) is 19.9. The number of hydrogen-bond donors (Lipinski definition) is 1. The van der Waals surface area contributed by atoms with E-state index in [1.54, 1.807) is 30.1 Å². The van der Waals surface area contributed by atoms with Crippen LogP contribution in [0.3, 0.4) is 0 Å². The highest BCUT2D eigenvalue weighted by Gasteiger charge is 2.23. The molecule has 1 amide bonds. The molecule has 3 nitrogen and oxygen atoms in total. The predicted octanol–water partition coefficient (Wildman–Crippen LogP) is 5.99. The highest BCUT2D eigenvalue weighted by atomic mass is 32.2. The number of nitrogens with zero attached hydrogens (tertiary/aromatic N) is 1. The number of hydrogen-bond acceptors (Lipinski definition) is 3. The molecule has 0 radical (unpaired) electrons. The van der Waals surface area contributed by atoms with E-state index < -0.39 is 5.92 Å². The SMILES string of the molecule is C=C/C=C(\C=C)C(C(=O)Nc1ccc(SC(C)(C)C)nc1)c1ccccc1. The molecule has 1 atom stereocenters. The van der Waals surface area contributed by atoms with E-state index >= 15 is 0 Å². The summed E-state index contributed by atoms with van der Waals surface area (Å²) in [6.45, 7) is 14.0. The summed E-state index contributed by atoms with van der Waals surface area (Å²) in [5.41, 5.74) is 2.36. The molecule has 1 N–H and O–H groups in total. The van der Waals surface area contributed by atoms with Gasteiger partial charge in [-0.2, -0.15) is 0 Å². The molecular weight excluding hydrogens is 352 g/mol. The Kier molecular flexibility index (Phi) is 7.19. The van der Waals surface area contributed by atoms with E-state index in [0.717, 1.165) is 16.2 Å². The van der Waals surface area contributed by atoms with Gasteiger partial charge >= 0.3 is 0 Å². The Labute approximate surface area is 166 Å². The quantitative estimate of drug-likeness (QED) is 0.475. The maximum atomic E-state index is 13.0. The summed E-state index contributed by atoms with van der Waals surface area (Å²) >= 11 is 1.69. The molecule has 27 heavy (non-hydrogen) atoms. The van der Waals surface area contributed by atoms with Crippen molar-refractivity contribution in [2.75, 3.05) is 5.32 Å². The summed E-state index contributed by atoms with van der Waals surface area (Å²) in [5.74, 6) is -0.599. The molecule has 0 aliphatic carbocycles. The van der Waals surface area contributed by atoms with Crippen LogP contribution >= 0.6 is 11.8 Å². The minimum atomic E-state index is -0.467. The number of pyridine rings is 1. The van der Waals surface area contributed by atoms with E-state index in [1.807, 2.05) is 48.5 Å². The Morgan fingerprint density at radius 1 is 1.15 bits per heavy atom. The van der Waals surface area contributed by atoms with E-state index in [-0.39, 0.29) is 10.7 Å². The van der Waals surface area contributed by atoms with Crippen molar-refractivity contribution in [2.45, 2.75) is 36.5 Å². The van der Waals surface area contributed by atoms with Crippen molar-refractivity contribution in [1.29, 1.82) is 0 Å². The molecule has 2 aromatic rings. The van der Waals surface area contributed by atoms with Gasteiger partial charge in [0.05, 0.1) is 22.8 Å². The molecule has 0 fully saturated rings. The summed E-state index contributed by atoms with van der Waals surface area (Å²) in [4.78, 5) is 17.5. The van der Waals surface area contributed by atoms with Crippen LogP contribution in [-0.4, -0.2) is 15.6 Å². The van der Waals surface area contributed by atoms with Gasteiger partial charge in [0, 0.05) is 4.75 Å². The summed E-state index contributed by atoms with van der Waals surface area (Å²) in [6, 6.07) is 13.5. The van der Waals surface area contributed by atoms with Crippen LogP contribution in [0.4, 0.5) is 5.69 Å². The van der Waals surface area contributed by atoms with Gasteiger partial charge in [-0.1, -0.05) is 82.5 Å². The molecule has 0 saturated carbocycles. The second-order valence-corrected chi connectivity index (χ2v) is 8.89. The van der Waals surface area contributed by atoms with Gasteiger partial charge in [0.25, 0.3) is 0 Å².